The summed E-state index contributed by atoms with van der Waals surface area (Å²) in [5.41, 5.74) is 2.57. The number of methoxy groups -OCH3 is 1. The van der Waals surface area contributed by atoms with Crippen molar-refractivity contribution in [2.45, 2.75) is 6.54 Å². The summed E-state index contributed by atoms with van der Waals surface area (Å²) >= 11 is 0. The van der Waals surface area contributed by atoms with Crippen LogP contribution in [-0.4, -0.2) is 23.9 Å². The summed E-state index contributed by atoms with van der Waals surface area (Å²) in [5, 5.41) is 5.46. The first-order chi connectivity index (χ1) is 10.2. The van der Waals surface area contributed by atoms with Gasteiger partial charge in [0.1, 0.15) is 0 Å². The molecule has 106 valence electrons. The van der Waals surface area contributed by atoms with Crippen LogP contribution in [0.2, 0.25) is 0 Å². The van der Waals surface area contributed by atoms with Crippen LogP contribution >= 0.6 is 0 Å². The van der Waals surface area contributed by atoms with E-state index in [0.717, 1.165) is 11.3 Å². The summed E-state index contributed by atoms with van der Waals surface area (Å²) in [4.78, 5) is 27.2. The van der Waals surface area contributed by atoms with Gasteiger partial charge in [0.15, 0.2) is 0 Å². The molecule has 6 nitrogen and oxygen atoms in total. The summed E-state index contributed by atoms with van der Waals surface area (Å²) in [6, 6.07) is 8.78. The van der Waals surface area contributed by atoms with Crippen LogP contribution in [-0.2, 0) is 6.54 Å². The van der Waals surface area contributed by atoms with Gasteiger partial charge in [-0.2, -0.15) is 0 Å². The van der Waals surface area contributed by atoms with E-state index in [2.05, 4.69) is 15.6 Å². The molecule has 2 heterocycles. The maximum absolute atomic E-state index is 11.6. The Bertz CT molecular complexity index is 711. The van der Waals surface area contributed by atoms with E-state index in [0.29, 0.717) is 23.6 Å². The van der Waals surface area contributed by atoms with Crippen LogP contribution < -0.4 is 15.4 Å². The van der Waals surface area contributed by atoms with Crippen molar-refractivity contribution in [3.63, 3.8) is 0 Å². The van der Waals surface area contributed by atoms with Gasteiger partial charge in [0.2, 0.25) is 5.88 Å². The molecule has 2 aromatic rings. The summed E-state index contributed by atoms with van der Waals surface area (Å²) in [6.45, 7) is 0.561. The molecule has 1 aliphatic rings. The average Bonchev–Trinajstić information content (AvgIpc) is 2.80. The zero-order valence-corrected chi connectivity index (χ0v) is 11.3. The molecule has 0 aliphatic carbocycles. The number of aromatic nitrogens is 1. The van der Waals surface area contributed by atoms with E-state index >= 15 is 0 Å². The number of anilines is 1. The predicted octanol–water partition coefficient (Wildman–Crippen LogP) is 1.59. The van der Waals surface area contributed by atoms with Crippen molar-refractivity contribution in [1.82, 2.24) is 10.3 Å². The number of hydrogen-bond donors (Lipinski definition) is 2. The van der Waals surface area contributed by atoms with Crippen molar-refractivity contribution in [1.29, 1.82) is 0 Å². The zero-order valence-electron chi connectivity index (χ0n) is 11.3. The Morgan fingerprint density at radius 2 is 1.95 bits per heavy atom. The smallest absolute Gasteiger partial charge is 0.259 e. The highest BCUT2D eigenvalue weighted by molar-refractivity contribution is 6.21. The van der Waals surface area contributed by atoms with Crippen molar-refractivity contribution < 1.29 is 14.3 Å². The minimum atomic E-state index is -0.357. The number of benzene rings is 1. The Hall–Kier alpha value is -2.89. The van der Waals surface area contributed by atoms with Gasteiger partial charge in [0, 0.05) is 24.5 Å². The first-order valence-electron chi connectivity index (χ1n) is 6.40. The SMILES string of the molecule is COc1ccc(CNc2ccc3c(c2)C(=O)NC3=O)cn1. The van der Waals surface area contributed by atoms with E-state index in [-0.39, 0.29) is 11.8 Å². The number of amides is 2. The molecule has 0 bridgehead atoms. The fraction of sp³-hybridized carbons (Fsp3) is 0.133. The standard InChI is InChI=1S/C15H13N3O3/c1-21-13-5-2-9(8-17-13)7-16-10-3-4-11-12(6-10)15(20)18-14(11)19/h2-6,8,16H,7H2,1H3,(H,18,19,20). The number of carbonyl (C=O) groups excluding carboxylic acids is 2. The molecule has 0 atom stereocenters. The van der Waals surface area contributed by atoms with Gasteiger partial charge in [-0.1, -0.05) is 6.07 Å². The molecule has 21 heavy (non-hydrogen) atoms. The van der Waals surface area contributed by atoms with Crippen molar-refractivity contribution in [3.05, 3.63) is 53.2 Å². The number of hydrogen-bond acceptors (Lipinski definition) is 5. The molecule has 1 aromatic carbocycles. The van der Waals surface area contributed by atoms with Crippen molar-refractivity contribution in [3.8, 4) is 5.88 Å². The second-order valence-corrected chi connectivity index (χ2v) is 4.61. The molecule has 3 rings (SSSR count). The average molecular weight is 283 g/mol. The molecule has 0 radical (unpaired) electrons. The van der Waals surface area contributed by atoms with Crippen LogP contribution in [0, 0.1) is 0 Å². The van der Waals surface area contributed by atoms with Gasteiger partial charge in [-0.25, -0.2) is 4.98 Å². The van der Waals surface area contributed by atoms with Gasteiger partial charge in [0.25, 0.3) is 11.8 Å². The number of pyridine rings is 1. The van der Waals surface area contributed by atoms with Gasteiger partial charge in [-0.15, -0.1) is 0 Å². The van der Waals surface area contributed by atoms with Gasteiger partial charge >= 0.3 is 0 Å². The highest BCUT2D eigenvalue weighted by atomic mass is 16.5. The van der Waals surface area contributed by atoms with Gasteiger partial charge in [-0.3, -0.25) is 14.9 Å². The second-order valence-electron chi connectivity index (χ2n) is 4.61. The summed E-state index contributed by atoms with van der Waals surface area (Å²) in [7, 11) is 1.57. The lowest BCUT2D eigenvalue weighted by Crippen LogP contribution is -2.19. The Balaban J connectivity index is 1.72. The lowest BCUT2D eigenvalue weighted by atomic mass is 10.1. The second kappa shape index (κ2) is 5.24. The normalized spacial score (nSPS) is 12.8. The van der Waals surface area contributed by atoms with E-state index in [1.165, 1.54) is 0 Å². The fourth-order valence-corrected chi connectivity index (χ4v) is 2.12. The lowest BCUT2D eigenvalue weighted by Gasteiger charge is -2.07. The number of rotatable bonds is 4. The Morgan fingerprint density at radius 3 is 2.67 bits per heavy atom. The molecule has 2 N–H and O–H groups in total. The van der Waals surface area contributed by atoms with Crippen LogP contribution in [0.1, 0.15) is 26.3 Å². The van der Waals surface area contributed by atoms with Crippen molar-refractivity contribution in [2.24, 2.45) is 0 Å². The van der Waals surface area contributed by atoms with Crippen LogP contribution in [0.15, 0.2) is 36.5 Å². The summed E-state index contributed by atoms with van der Waals surface area (Å²) < 4.78 is 5.00. The highest BCUT2D eigenvalue weighted by Crippen LogP contribution is 2.20. The summed E-state index contributed by atoms with van der Waals surface area (Å²) in [5.74, 6) is -0.142. The van der Waals surface area contributed by atoms with Crippen LogP contribution in [0.3, 0.4) is 0 Å². The number of carbonyl (C=O) groups is 2. The Morgan fingerprint density at radius 1 is 1.14 bits per heavy atom. The largest absolute Gasteiger partial charge is 0.481 e. The third kappa shape index (κ3) is 2.55. The van der Waals surface area contributed by atoms with E-state index in [4.69, 9.17) is 4.74 Å². The maximum Gasteiger partial charge on any atom is 0.259 e. The molecule has 1 aromatic heterocycles. The highest BCUT2D eigenvalue weighted by Gasteiger charge is 2.26. The van der Waals surface area contributed by atoms with Crippen molar-refractivity contribution in [2.75, 3.05) is 12.4 Å². The summed E-state index contributed by atoms with van der Waals surface area (Å²) in [6.07, 6.45) is 1.72. The number of fused-ring (bicyclic) bond motifs is 1. The molecule has 6 heteroatoms. The molecular formula is C15H13N3O3. The molecular weight excluding hydrogens is 270 g/mol. The zero-order chi connectivity index (χ0) is 14.8. The van der Waals surface area contributed by atoms with Crippen molar-refractivity contribution >= 4 is 17.5 Å². The first-order valence-corrected chi connectivity index (χ1v) is 6.40. The molecule has 1 aliphatic heterocycles. The van der Waals surface area contributed by atoms with E-state index in [9.17, 15) is 9.59 Å². The van der Waals surface area contributed by atoms with E-state index in [1.807, 2.05) is 6.07 Å². The molecule has 0 unspecified atom stereocenters. The molecule has 0 saturated carbocycles. The third-order valence-electron chi connectivity index (χ3n) is 3.24. The Labute approximate surface area is 121 Å². The number of imide groups is 1. The minimum absolute atomic E-state index is 0.346. The van der Waals surface area contributed by atoms with E-state index < -0.39 is 0 Å². The minimum Gasteiger partial charge on any atom is -0.481 e. The lowest BCUT2D eigenvalue weighted by molar-refractivity contribution is 0.0879. The van der Waals surface area contributed by atoms with Crippen LogP contribution in [0.4, 0.5) is 5.69 Å². The van der Waals surface area contributed by atoms with Gasteiger partial charge < -0.3 is 10.1 Å². The molecule has 0 spiro atoms. The maximum atomic E-state index is 11.6. The monoisotopic (exact) mass is 283 g/mol. The van der Waals surface area contributed by atoms with E-state index in [1.54, 1.807) is 37.6 Å². The van der Waals surface area contributed by atoms with Crippen LogP contribution in [0.5, 0.6) is 5.88 Å². The topological polar surface area (TPSA) is 80.3 Å². The van der Waals surface area contributed by atoms with Gasteiger partial charge in [-0.05, 0) is 23.8 Å². The van der Waals surface area contributed by atoms with Gasteiger partial charge in [0.05, 0.1) is 18.2 Å². The quantitative estimate of drug-likeness (QED) is 0.833. The fourth-order valence-electron chi connectivity index (χ4n) is 2.12. The third-order valence-corrected chi connectivity index (χ3v) is 3.24. The number of ether oxygens (including phenoxy) is 1. The molecule has 0 saturated heterocycles. The number of nitrogens with one attached hydrogen (secondary N) is 2. The van der Waals surface area contributed by atoms with Crippen LogP contribution in [0.25, 0.3) is 0 Å². The predicted molar refractivity (Wildman–Crippen MR) is 76.4 cm³/mol. The molecule has 0 fully saturated rings. The first kappa shape index (κ1) is 13.1. The number of nitrogens with zero attached hydrogens (tertiary/aromatic N) is 1. The Kier molecular flexibility index (Phi) is 3.27. The molecule has 2 amide bonds.